The first-order chi connectivity index (χ1) is 16.0. The molecule has 33 heavy (non-hydrogen) atoms. The zero-order chi connectivity index (χ0) is 23.4. The van der Waals surface area contributed by atoms with Gasteiger partial charge >= 0.3 is 0 Å². The Morgan fingerprint density at radius 3 is 2.64 bits per heavy atom. The van der Waals surface area contributed by atoms with Gasteiger partial charge in [-0.05, 0) is 35.4 Å². The third-order valence-electron chi connectivity index (χ3n) is 4.91. The monoisotopic (exact) mass is 458 g/mol. The van der Waals surface area contributed by atoms with Crippen molar-refractivity contribution in [1.29, 1.82) is 10.5 Å². The van der Waals surface area contributed by atoms with Crippen molar-refractivity contribution in [3.05, 3.63) is 58.9 Å². The number of pyridine rings is 2. The number of rotatable bonds is 5. The van der Waals surface area contributed by atoms with Crippen LogP contribution in [0.4, 0.5) is 5.82 Å². The zero-order valence-electron chi connectivity index (χ0n) is 17.6. The smallest absolute Gasteiger partial charge is 0.269 e. The summed E-state index contributed by atoms with van der Waals surface area (Å²) in [4.78, 5) is 20.2. The number of nitrogens with two attached hydrogens (primary N) is 1. The highest BCUT2D eigenvalue weighted by Crippen LogP contribution is 2.40. The Morgan fingerprint density at radius 1 is 1.15 bits per heavy atom. The fourth-order valence-corrected chi connectivity index (χ4v) is 4.30. The molecular formula is C23H18N6O3S. The third-order valence-corrected chi connectivity index (χ3v) is 5.95. The molecule has 4 rings (SSSR count). The van der Waals surface area contributed by atoms with E-state index in [0.717, 1.165) is 5.56 Å². The number of nitrogens with one attached hydrogen (secondary N) is 1. The summed E-state index contributed by atoms with van der Waals surface area (Å²) in [6.45, 7) is 0.870. The predicted molar refractivity (Wildman–Crippen MR) is 122 cm³/mol. The lowest BCUT2D eigenvalue weighted by atomic mass is 9.96. The molecule has 1 amide bonds. The van der Waals surface area contributed by atoms with Gasteiger partial charge in [0, 0.05) is 24.6 Å². The lowest BCUT2D eigenvalue weighted by Gasteiger charge is -2.20. The van der Waals surface area contributed by atoms with Crippen LogP contribution in [0.2, 0.25) is 0 Å². The van der Waals surface area contributed by atoms with E-state index in [0.29, 0.717) is 52.3 Å². The lowest BCUT2D eigenvalue weighted by Crippen LogP contribution is -2.19. The lowest BCUT2D eigenvalue weighted by molar-refractivity contribution is 0.0958. The molecule has 2 aromatic heterocycles. The minimum Gasteiger partial charge on any atom is -0.486 e. The van der Waals surface area contributed by atoms with E-state index in [1.165, 1.54) is 18.8 Å². The van der Waals surface area contributed by atoms with Gasteiger partial charge in [-0.3, -0.25) is 9.78 Å². The Labute approximate surface area is 194 Å². The molecule has 0 radical (unpaired) electrons. The molecule has 1 aliphatic rings. The highest BCUT2D eigenvalue weighted by atomic mass is 32.2. The molecule has 164 valence electrons. The van der Waals surface area contributed by atoms with Gasteiger partial charge in [-0.1, -0.05) is 6.07 Å². The number of ether oxygens (including phenoxy) is 2. The summed E-state index contributed by atoms with van der Waals surface area (Å²) >= 11 is 1.29. The molecule has 0 unspecified atom stereocenters. The van der Waals surface area contributed by atoms with Gasteiger partial charge in [-0.2, -0.15) is 10.5 Å². The Kier molecular flexibility index (Phi) is 6.29. The maximum atomic E-state index is 11.9. The van der Waals surface area contributed by atoms with Crippen molar-refractivity contribution in [1.82, 2.24) is 15.3 Å². The van der Waals surface area contributed by atoms with Gasteiger partial charge in [0.25, 0.3) is 5.91 Å². The highest BCUT2D eigenvalue weighted by Gasteiger charge is 2.22. The first-order valence-electron chi connectivity index (χ1n) is 9.89. The number of hydrogen-bond donors (Lipinski definition) is 2. The quantitative estimate of drug-likeness (QED) is 0.551. The SMILES string of the molecule is CNC(=O)c1cc(CSc2nc(N)c(C#N)c(-c3ccc4c(c3)OCCO4)c2C#N)ccn1. The van der Waals surface area contributed by atoms with Crippen LogP contribution in [0.3, 0.4) is 0 Å². The van der Waals surface area contributed by atoms with Gasteiger partial charge < -0.3 is 20.5 Å². The second-order valence-corrected chi connectivity index (χ2v) is 7.89. The second kappa shape index (κ2) is 9.47. The van der Waals surface area contributed by atoms with Crippen molar-refractivity contribution in [3.8, 4) is 34.8 Å². The number of aromatic nitrogens is 2. The van der Waals surface area contributed by atoms with Gasteiger partial charge in [-0.25, -0.2) is 4.98 Å². The molecule has 3 heterocycles. The normalized spacial score (nSPS) is 11.8. The number of amides is 1. The highest BCUT2D eigenvalue weighted by molar-refractivity contribution is 7.98. The largest absolute Gasteiger partial charge is 0.486 e. The van der Waals surface area contributed by atoms with Crippen molar-refractivity contribution in [2.24, 2.45) is 0 Å². The number of benzene rings is 1. The molecule has 1 aliphatic heterocycles. The van der Waals surface area contributed by atoms with Crippen LogP contribution in [0.1, 0.15) is 27.2 Å². The fourth-order valence-electron chi connectivity index (χ4n) is 3.36. The summed E-state index contributed by atoms with van der Waals surface area (Å²) in [6.07, 6.45) is 1.55. The van der Waals surface area contributed by atoms with Crippen molar-refractivity contribution in [2.75, 3.05) is 26.0 Å². The summed E-state index contributed by atoms with van der Waals surface area (Å²) in [5.41, 5.74) is 8.59. The Bertz CT molecular complexity index is 1330. The summed E-state index contributed by atoms with van der Waals surface area (Å²) in [5.74, 6) is 1.30. The number of carbonyl (C=O) groups is 1. The number of thioether (sulfide) groups is 1. The summed E-state index contributed by atoms with van der Waals surface area (Å²) in [7, 11) is 1.54. The molecule has 3 N–H and O–H groups in total. The minimum absolute atomic E-state index is 0.0321. The Morgan fingerprint density at radius 2 is 1.91 bits per heavy atom. The molecular weight excluding hydrogens is 440 g/mol. The summed E-state index contributed by atoms with van der Waals surface area (Å²) < 4.78 is 11.2. The maximum absolute atomic E-state index is 11.9. The van der Waals surface area contributed by atoms with E-state index in [1.54, 1.807) is 36.5 Å². The number of nitrogen functional groups attached to an aromatic ring is 1. The molecule has 0 atom stereocenters. The standard InChI is InChI=1S/C23H18N6O3S/c1-27-22(30)17-8-13(4-5-28-17)12-33-23-16(11-25)20(15(10-24)21(26)29-23)14-2-3-18-19(9-14)32-7-6-31-18/h2-5,8-9H,6-7,12H2,1H3,(H2,26,29)(H,27,30). The minimum atomic E-state index is -0.291. The number of hydrogen-bond acceptors (Lipinski definition) is 9. The predicted octanol–water partition coefficient (Wildman–Crippen LogP) is 2.89. The first kappa shape index (κ1) is 21.9. The summed E-state index contributed by atoms with van der Waals surface area (Å²) in [6, 6.07) is 12.9. The molecule has 0 fully saturated rings. The topological polar surface area (TPSA) is 147 Å². The van der Waals surface area contributed by atoms with Gasteiger partial charge in [0.2, 0.25) is 0 Å². The molecule has 9 nitrogen and oxygen atoms in total. The molecule has 0 saturated heterocycles. The number of carbonyl (C=O) groups excluding carboxylic acids is 1. The third kappa shape index (κ3) is 4.38. The number of nitriles is 2. The van der Waals surface area contributed by atoms with Crippen LogP contribution in [0, 0.1) is 22.7 Å². The van der Waals surface area contributed by atoms with E-state index in [4.69, 9.17) is 15.2 Å². The average molecular weight is 459 g/mol. The van der Waals surface area contributed by atoms with E-state index < -0.39 is 0 Å². The van der Waals surface area contributed by atoms with Gasteiger partial charge in [0.1, 0.15) is 47.5 Å². The van der Waals surface area contributed by atoms with E-state index in [1.807, 2.05) is 0 Å². The summed E-state index contributed by atoms with van der Waals surface area (Å²) in [5, 5.41) is 22.6. The van der Waals surface area contributed by atoms with Crippen LogP contribution < -0.4 is 20.5 Å². The number of nitrogens with zero attached hydrogens (tertiary/aromatic N) is 4. The Hall–Kier alpha value is -4.28. The molecule has 0 saturated carbocycles. The van der Waals surface area contributed by atoms with Gasteiger partial charge in [-0.15, -0.1) is 11.8 Å². The second-order valence-electron chi connectivity index (χ2n) is 6.93. The molecule has 10 heteroatoms. The zero-order valence-corrected chi connectivity index (χ0v) is 18.4. The van der Waals surface area contributed by atoms with Crippen molar-refractivity contribution in [2.45, 2.75) is 10.8 Å². The van der Waals surface area contributed by atoms with E-state index in [2.05, 4.69) is 27.4 Å². The number of anilines is 1. The molecule has 0 aliphatic carbocycles. The van der Waals surface area contributed by atoms with Crippen LogP contribution in [-0.4, -0.2) is 36.1 Å². The first-order valence-corrected chi connectivity index (χ1v) is 10.9. The van der Waals surface area contributed by atoms with Crippen LogP contribution >= 0.6 is 11.8 Å². The van der Waals surface area contributed by atoms with Gasteiger partial charge in [0.15, 0.2) is 11.5 Å². The van der Waals surface area contributed by atoms with Crippen LogP contribution in [0.15, 0.2) is 41.6 Å². The van der Waals surface area contributed by atoms with Crippen LogP contribution in [0.5, 0.6) is 11.5 Å². The molecule has 1 aromatic carbocycles. The van der Waals surface area contributed by atoms with Crippen molar-refractivity contribution < 1.29 is 14.3 Å². The van der Waals surface area contributed by atoms with Crippen LogP contribution in [0.25, 0.3) is 11.1 Å². The van der Waals surface area contributed by atoms with E-state index in [-0.39, 0.29) is 22.9 Å². The average Bonchev–Trinajstić information content (AvgIpc) is 2.86. The number of fused-ring (bicyclic) bond motifs is 1. The molecule has 3 aromatic rings. The maximum Gasteiger partial charge on any atom is 0.269 e. The van der Waals surface area contributed by atoms with E-state index in [9.17, 15) is 15.3 Å². The molecule has 0 spiro atoms. The van der Waals surface area contributed by atoms with Crippen molar-refractivity contribution in [3.63, 3.8) is 0 Å². The van der Waals surface area contributed by atoms with E-state index >= 15 is 0 Å². The molecule has 0 bridgehead atoms. The fraction of sp³-hybridized carbons (Fsp3) is 0.174. The van der Waals surface area contributed by atoms with Crippen molar-refractivity contribution >= 4 is 23.5 Å². The Balaban J connectivity index is 1.74. The van der Waals surface area contributed by atoms with Crippen LogP contribution in [-0.2, 0) is 5.75 Å². The van der Waals surface area contributed by atoms with Gasteiger partial charge in [0.05, 0.1) is 5.56 Å².